The highest BCUT2D eigenvalue weighted by atomic mass is 32.2. The van der Waals surface area contributed by atoms with Crippen LogP contribution < -0.4 is 0 Å². The van der Waals surface area contributed by atoms with Gasteiger partial charge in [0.1, 0.15) is 0 Å². The molecule has 2 aromatic rings. The maximum absolute atomic E-state index is 13.0. The third kappa shape index (κ3) is 1.74. The molecule has 1 aromatic carbocycles. The van der Waals surface area contributed by atoms with Crippen molar-refractivity contribution in [3.63, 3.8) is 0 Å². The van der Waals surface area contributed by atoms with Crippen LogP contribution in [0, 0.1) is 23.0 Å². The first-order valence-electron chi connectivity index (χ1n) is 4.44. The minimum Gasteiger partial charge on any atom is -0.322 e. The van der Waals surface area contributed by atoms with Crippen molar-refractivity contribution in [3.8, 4) is 6.07 Å². The van der Waals surface area contributed by atoms with Crippen LogP contribution in [0.1, 0.15) is 0 Å². The summed E-state index contributed by atoms with van der Waals surface area (Å²) in [5.74, 6) is -1.56. The number of halogens is 2. The van der Waals surface area contributed by atoms with Gasteiger partial charge >= 0.3 is 0 Å². The Morgan fingerprint density at radius 2 is 2.12 bits per heavy atom. The zero-order chi connectivity index (χ0) is 11.7. The summed E-state index contributed by atoms with van der Waals surface area (Å²) < 4.78 is 27.6. The minimum absolute atomic E-state index is 0.252. The van der Waals surface area contributed by atoms with Crippen molar-refractivity contribution in [2.75, 3.05) is 5.75 Å². The van der Waals surface area contributed by atoms with Gasteiger partial charge in [-0.25, -0.2) is 13.8 Å². The molecule has 0 radical (unpaired) electrons. The third-order valence-corrected chi connectivity index (χ3v) is 3.04. The first-order valence-corrected chi connectivity index (χ1v) is 5.43. The van der Waals surface area contributed by atoms with E-state index in [2.05, 4.69) is 4.98 Å². The van der Waals surface area contributed by atoms with Gasteiger partial charge in [-0.2, -0.15) is 5.26 Å². The van der Waals surface area contributed by atoms with Crippen LogP contribution in [-0.2, 0) is 7.05 Å². The zero-order valence-electron chi connectivity index (χ0n) is 8.37. The van der Waals surface area contributed by atoms with Gasteiger partial charge in [-0.3, -0.25) is 0 Å². The molecule has 0 saturated heterocycles. The Morgan fingerprint density at radius 1 is 1.44 bits per heavy atom. The number of benzene rings is 1. The average Bonchev–Trinajstić information content (AvgIpc) is 2.54. The Balaban J connectivity index is 2.56. The van der Waals surface area contributed by atoms with E-state index < -0.39 is 11.6 Å². The molecule has 0 unspecified atom stereocenters. The molecule has 0 aliphatic carbocycles. The summed E-state index contributed by atoms with van der Waals surface area (Å²) in [5, 5.41) is 9.02. The van der Waals surface area contributed by atoms with Crippen molar-refractivity contribution in [1.82, 2.24) is 9.55 Å². The summed E-state index contributed by atoms with van der Waals surface area (Å²) in [6.45, 7) is 0. The summed E-state index contributed by atoms with van der Waals surface area (Å²) in [6, 6.07) is 4.13. The van der Waals surface area contributed by atoms with Crippen LogP contribution in [0.4, 0.5) is 8.78 Å². The molecule has 6 heteroatoms. The minimum atomic E-state index is -0.914. The van der Waals surface area contributed by atoms with Gasteiger partial charge in [0.2, 0.25) is 0 Å². The molecular formula is C10H7F2N3S. The number of nitrogens with zero attached hydrogens (tertiary/aromatic N) is 3. The second-order valence-electron chi connectivity index (χ2n) is 3.16. The highest BCUT2D eigenvalue weighted by Gasteiger charge is 2.12. The predicted molar refractivity (Wildman–Crippen MR) is 57.0 cm³/mol. The molecule has 3 nitrogen and oxygen atoms in total. The average molecular weight is 239 g/mol. The lowest BCUT2D eigenvalue weighted by atomic mass is 10.3. The van der Waals surface area contributed by atoms with Crippen molar-refractivity contribution < 1.29 is 8.78 Å². The van der Waals surface area contributed by atoms with Crippen molar-refractivity contribution in [2.24, 2.45) is 7.05 Å². The van der Waals surface area contributed by atoms with Gasteiger partial charge in [0, 0.05) is 19.2 Å². The first-order chi connectivity index (χ1) is 7.63. The molecule has 82 valence electrons. The molecular weight excluding hydrogens is 232 g/mol. The number of fused-ring (bicyclic) bond motifs is 1. The summed E-state index contributed by atoms with van der Waals surface area (Å²) in [6.07, 6.45) is 0. The van der Waals surface area contributed by atoms with Crippen LogP contribution >= 0.6 is 11.8 Å². The van der Waals surface area contributed by atoms with Crippen LogP contribution in [-0.4, -0.2) is 15.3 Å². The standard InChI is InChI=1S/C10H7F2N3S/c1-15-9-5-7(12)6(11)4-8(9)14-10(15)16-3-2-13/h4-5H,3H2,1H3. The van der Waals surface area contributed by atoms with Crippen LogP contribution in [0.2, 0.25) is 0 Å². The Morgan fingerprint density at radius 3 is 2.81 bits per heavy atom. The summed E-state index contributed by atoms with van der Waals surface area (Å²) >= 11 is 1.23. The summed E-state index contributed by atoms with van der Waals surface area (Å²) in [7, 11) is 1.70. The molecule has 1 heterocycles. The third-order valence-electron chi connectivity index (χ3n) is 2.15. The maximum atomic E-state index is 13.0. The smallest absolute Gasteiger partial charge is 0.169 e. The van der Waals surface area contributed by atoms with Gasteiger partial charge in [-0.1, -0.05) is 11.8 Å². The Kier molecular flexibility index (Phi) is 2.79. The van der Waals surface area contributed by atoms with Gasteiger partial charge in [0.25, 0.3) is 0 Å². The van der Waals surface area contributed by atoms with Crippen LogP contribution in [0.3, 0.4) is 0 Å². The number of hydrogen-bond donors (Lipinski definition) is 0. The molecule has 0 fully saturated rings. The summed E-state index contributed by atoms with van der Waals surface area (Å²) in [4.78, 5) is 4.12. The zero-order valence-corrected chi connectivity index (χ0v) is 9.18. The molecule has 0 N–H and O–H groups in total. The van der Waals surface area contributed by atoms with E-state index in [9.17, 15) is 8.78 Å². The number of imidazole rings is 1. The SMILES string of the molecule is Cn1c(SCC#N)nc2cc(F)c(F)cc21. The molecule has 0 atom stereocenters. The molecule has 0 aliphatic rings. The lowest BCUT2D eigenvalue weighted by molar-refractivity contribution is 0.510. The number of hydrogen-bond acceptors (Lipinski definition) is 3. The maximum Gasteiger partial charge on any atom is 0.169 e. The van der Waals surface area contributed by atoms with E-state index in [1.54, 1.807) is 11.6 Å². The van der Waals surface area contributed by atoms with E-state index in [4.69, 9.17) is 5.26 Å². The van der Waals surface area contributed by atoms with Crippen LogP contribution in [0.5, 0.6) is 0 Å². The Hall–Kier alpha value is -1.61. The number of aromatic nitrogens is 2. The van der Waals surface area contributed by atoms with Gasteiger partial charge in [-0.15, -0.1) is 0 Å². The summed E-state index contributed by atoms with van der Waals surface area (Å²) in [5.41, 5.74) is 0.904. The Bertz CT molecular complexity index is 586. The normalized spacial score (nSPS) is 10.6. The van der Waals surface area contributed by atoms with Crippen molar-refractivity contribution >= 4 is 22.8 Å². The fraction of sp³-hybridized carbons (Fsp3) is 0.200. The number of nitriles is 1. The van der Waals surface area contributed by atoms with E-state index >= 15 is 0 Å². The van der Waals surface area contributed by atoms with Crippen molar-refractivity contribution in [2.45, 2.75) is 5.16 Å². The quantitative estimate of drug-likeness (QED) is 0.756. The number of rotatable bonds is 2. The topological polar surface area (TPSA) is 41.6 Å². The second kappa shape index (κ2) is 4.10. The van der Waals surface area contributed by atoms with E-state index in [0.717, 1.165) is 12.1 Å². The van der Waals surface area contributed by atoms with Gasteiger partial charge in [0.15, 0.2) is 16.8 Å². The van der Waals surface area contributed by atoms with Crippen LogP contribution in [0.15, 0.2) is 17.3 Å². The van der Waals surface area contributed by atoms with Crippen molar-refractivity contribution in [3.05, 3.63) is 23.8 Å². The van der Waals surface area contributed by atoms with Gasteiger partial charge in [-0.05, 0) is 0 Å². The highest BCUT2D eigenvalue weighted by Crippen LogP contribution is 2.24. The molecule has 1 aromatic heterocycles. The van der Waals surface area contributed by atoms with Crippen LogP contribution in [0.25, 0.3) is 11.0 Å². The number of aryl methyl sites for hydroxylation is 1. The molecule has 16 heavy (non-hydrogen) atoms. The fourth-order valence-corrected chi connectivity index (χ4v) is 2.04. The highest BCUT2D eigenvalue weighted by molar-refractivity contribution is 7.99. The van der Waals surface area contributed by atoms with Gasteiger partial charge in [0.05, 0.1) is 22.9 Å². The molecule has 2 rings (SSSR count). The van der Waals surface area contributed by atoms with E-state index in [1.807, 2.05) is 6.07 Å². The Labute approximate surface area is 94.7 Å². The van der Waals surface area contributed by atoms with Gasteiger partial charge < -0.3 is 4.57 Å². The van der Waals surface area contributed by atoms with E-state index in [-0.39, 0.29) is 5.75 Å². The lowest BCUT2D eigenvalue weighted by Crippen LogP contribution is -1.91. The molecule has 0 amide bonds. The number of thioether (sulfide) groups is 1. The molecule has 0 spiro atoms. The first kappa shape index (κ1) is 10.9. The second-order valence-corrected chi connectivity index (χ2v) is 4.10. The van der Waals surface area contributed by atoms with Crippen molar-refractivity contribution in [1.29, 1.82) is 5.26 Å². The molecule has 0 aliphatic heterocycles. The lowest BCUT2D eigenvalue weighted by Gasteiger charge is -1.98. The largest absolute Gasteiger partial charge is 0.322 e. The monoisotopic (exact) mass is 239 g/mol. The molecule has 0 bridgehead atoms. The van der Waals surface area contributed by atoms with E-state index in [1.165, 1.54) is 11.8 Å². The predicted octanol–water partition coefficient (Wildman–Crippen LogP) is 2.47. The van der Waals surface area contributed by atoms with E-state index in [0.29, 0.717) is 16.2 Å². The molecule has 0 saturated carbocycles. The fourth-order valence-electron chi connectivity index (χ4n) is 1.39.